The van der Waals surface area contributed by atoms with Gasteiger partial charge in [0.25, 0.3) is 5.91 Å². The van der Waals surface area contributed by atoms with E-state index in [0.29, 0.717) is 11.3 Å². The molecule has 1 heterocycles. The SMILES string of the molecule is C=C1c2ccccc2C(=O)N1CC(=O)N[C@H](C)c1ccc(Br)cc1. The third-order valence-corrected chi connectivity index (χ3v) is 4.62. The maximum Gasteiger partial charge on any atom is 0.259 e. The summed E-state index contributed by atoms with van der Waals surface area (Å²) < 4.78 is 0.988. The van der Waals surface area contributed by atoms with Crippen LogP contribution in [0.4, 0.5) is 0 Å². The van der Waals surface area contributed by atoms with E-state index in [9.17, 15) is 9.59 Å². The van der Waals surface area contributed by atoms with Crippen LogP contribution in [0.1, 0.15) is 34.5 Å². The van der Waals surface area contributed by atoms with Gasteiger partial charge in [0.1, 0.15) is 6.54 Å². The lowest BCUT2D eigenvalue weighted by atomic mass is 10.1. The first-order chi connectivity index (χ1) is 11.5. The van der Waals surface area contributed by atoms with Gasteiger partial charge in [0.05, 0.1) is 6.04 Å². The number of carbonyl (C=O) groups excluding carboxylic acids is 2. The highest BCUT2D eigenvalue weighted by Crippen LogP contribution is 2.30. The molecule has 2 aromatic rings. The van der Waals surface area contributed by atoms with Crippen molar-refractivity contribution in [3.63, 3.8) is 0 Å². The molecule has 0 bridgehead atoms. The minimum atomic E-state index is -0.215. The molecule has 1 aliphatic rings. The van der Waals surface area contributed by atoms with Crippen LogP contribution in [0.25, 0.3) is 5.70 Å². The Hall–Kier alpha value is -2.40. The van der Waals surface area contributed by atoms with Gasteiger partial charge in [-0.1, -0.05) is 52.8 Å². The Balaban J connectivity index is 1.66. The zero-order chi connectivity index (χ0) is 17.3. The highest BCUT2D eigenvalue weighted by Gasteiger charge is 2.32. The van der Waals surface area contributed by atoms with Crippen molar-refractivity contribution < 1.29 is 9.59 Å². The smallest absolute Gasteiger partial charge is 0.259 e. The third-order valence-electron chi connectivity index (χ3n) is 4.09. The van der Waals surface area contributed by atoms with Gasteiger partial charge in [0, 0.05) is 21.3 Å². The Kier molecular flexibility index (Phi) is 4.53. The highest BCUT2D eigenvalue weighted by molar-refractivity contribution is 9.10. The number of benzene rings is 2. The number of carbonyl (C=O) groups is 2. The topological polar surface area (TPSA) is 49.4 Å². The number of halogens is 1. The lowest BCUT2D eigenvalue weighted by Crippen LogP contribution is -2.37. The second-order valence-electron chi connectivity index (χ2n) is 5.72. The van der Waals surface area contributed by atoms with E-state index in [2.05, 4.69) is 27.8 Å². The summed E-state index contributed by atoms with van der Waals surface area (Å²) in [7, 11) is 0. The molecule has 122 valence electrons. The van der Waals surface area contributed by atoms with E-state index in [1.165, 1.54) is 4.90 Å². The third kappa shape index (κ3) is 3.12. The van der Waals surface area contributed by atoms with Crippen LogP contribution in [0.3, 0.4) is 0 Å². The van der Waals surface area contributed by atoms with Crippen LogP contribution in [0, 0.1) is 0 Å². The molecule has 2 amide bonds. The monoisotopic (exact) mass is 384 g/mol. The van der Waals surface area contributed by atoms with Crippen LogP contribution in [-0.2, 0) is 4.79 Å². The summed E-state index contributed by atoms with van der Waals surface area (Å²) in [4.78, 5) is 26.2. The lowest BCUT2D eigenvalue weighted by molar-refractivity contribution is -0.121. The van der Waals surface area contributed by atoms with Crippen molar-refractivity contribution in [2.45, 2.75) is 13.0 Å². The molecule has 0 saturated carbocycles. The molecular weight excluding hydrogens is 368 g/mol. The van der Waals surface area contributed by atoms with Gasteiger partial charge in [-0.3, -0.25) is 14.5 Å². The molecule has 1 atom stereocenters. The number of amides is 2. The van der Waals surface area contributed by atoms with E-state index in [1.807, 2.05) is 49.4 Å². The van der Waals surface area contributed by atoms with Crippen molar-refractivity contribution in [3.8, 4) is 0 Å². The first-order valence-electron chi connectivity index (χ1n) is 7.62. The van der Waals surface area contributed by atoms with Crippen molar-refractivity contribution in [2.75, 3.05) is 6.54 Å². The Labute approximate surface area is 149 Å². The average molecular weight is 385 g/mol. The number of nitrogens with zero attached hydrogens (tertiary/aromatic N) is 1. The van der Waals surface area contributed by atoms with E-state index in [4.69, 9.17) is 0 Å². The molecule has 1 aliphatic heterocycles. The van der Waals surface area contributed by atoms with Crippen LogP contribution in [0.15, 0.2) is 59.6 Å². The van der Waals surface area contributed by atoms with Gasteiger partial charge in [-0.25, -0.2) is 0 Å². The summed E-state index contributed by atoms with van der Waals surface area (Å²) in [5, 5.41) is 2.92. The second kappa shape index (κ2) is 6.61. The number of nitrogens with one attached hydrogen (secondary N) is 1. The number of hydrogen-bond donors (Lipinski definition) is 1. The van der Waals surface area contributed by atoms with Crippen LogP contribution in [0.5, 0.6) is 0 Å². The van der Waals surface area contributed by atoms with Crippen LogP contribution < -0.4 is 5.32 Å². The van der Waals surface area contributed by atoms with Gasteiger partial charge in [-0.2, -0.15) is 0 Å². The first-order valence-corrected chi connectivity index (χ1v) is 8.41. The molecule has 0 spiro atoms. The minimum absolute atomic E-state index is 0.0345. The molecule has 0 fully saturated rings. The molecule has 24 heavy (non-hydrogen) atoms. The average Bonchev–Trinajstić information content (AvgIpc) is 2.81. The quantitative estimate of drug-likeness (QED) is 0.872. The van der Waals surface area contributed by atoms with E-state index < -0.39 is 0 Å². The molecular formula is C19H17BrN2O2. The summed E-state index contributed by atoms with van der Waals surface area (Å²) >= 11 is 3.39. The van der Waals surface area contributed by atoms with Crippen molar-refractivity contribution in [2.24, 2.45) is 0 Å². The fourth-order valence-electron chi connectivity index (χ4n) is 2.77. The van der Waals surface area contributed by atoms with Crippen LogP contribution in [-0.4, -0.2) is 23.3 Å². The standard InChI is InChI=1S/C19H17BrN2O2/c1-12(14-7-9-15(20)10-8-14)21-18(23)11-22-13(2)16-5-3-4-6-17(16)19(22)24/h3-10,12H,2,11H2,1H3,(H,21,23)/t12-/m1/s1. The Morgan fingerprint density at radius 3 is 2.42 bits per heavy atom. The number of hydrogen-bond acceptors (Lipinski definition) is 2. The highest BCUT2D eigenvalue weighted by atomic mass is 79.9. The van der Waals surface area contributed by atoms with Gasteiger partial charge in [0.2, 0.25) is 5.91 Å². The van der Waals surface area contributed by atoms with Crippen molar-refractivity contribution >= 4 is 33.4 Å². The predicted octanol–water partition coefficient (Wildman–Crippen LogP) is 3.75. The van der Waals surface area contributed by atoms with Crippen LogP contribution >= 0.6 is 15.9 Å². The molecule has 5 heteroatoms. The maximum absolute atomic E-state index is 12.4. The minimum Gasteiger partial charge on any atom is -0.348 e. The van der Waals surface area contributed by atoms with E-state index in [1.54, 1.807) is 6.07 Å². The first kappa shape index (κ1) is 16.5. The predicted molar refractivity (Wildman–Crippen MR) is 97.2 cm³/mol. The molecule has 0 unspecified atom stereocenters. The molecule has 0 aromatic heterocycles. The van der Waals surface area contributed by atoms with Crippen molar-refractivity contribution in [1.82, 2.24) is 10.2 Å². The largest absolute Gasteiger partial charge is 0.348 e. The summed E-state index contributed by atoms with van der Waals surface area (Å²) in [6, 6.07) is 14.9. The zero-order valence-electron chi connectivity index (χ0n) is 13.3. The van der Waals surface area contributed by atoms with Crippen molar-refractivity contribution in [1.29, 1.82) is 0 Å². The number of fused-ring (bicyclic) bond motifs is 1. The molecule has 0 saturated heterocycles. The zero-order valence-corrected chi connectivity index (χ0v) is 14.8. The lowest BCUT2D eigenvalue weighted by Gasteiger charge is -2.20. The second-order valence-corrected chi connectivity index (χ2v) is 6.64. The van der Waals surface area contributed by atoms with E-state index in [-0.39, 0.29) is 24.4 Å². The fourth-order valence-corrected chi connectivity index (χ4v) is 3.03. The Bertz CT molecular complexity index is 779. The molecule has 1 N–H and O–H groups in total. The van der Waals surface area contributed by atoms with Gasteiger partial charge in [-0.15, -0.1) is 0 Å². The fraction of sp³-hybridized carbons (Fsp3) is 0.158. The Morgan fingerprint density at radius 2 is 1.79 bits per heavy atom. The summed E-state index contributed by atoms with van der Waals surface area (Å²) in [5.41, 5.74) is 2.95. The van der Waals surface area contributed by atoms with E-state index >= 15 is 0 Å². The Morgan fingerprint density at radius 1 is 1.17 bits per heavy atom. The summed E-state index contributed by atoms with van der Waals surface area (Å²) in [6.07, 6.45) is 0. The molecule has 4 nitrogen and oxygen atoms in total. The summed E-state index contributed by atoms with van der Waals surface area (Å²) in [5.74, 6) is -0.394. The van der Waals surface area contributed by atoms with Crippen LogP contribution in [0.2, 0.25) is 0 Å². The van der Waals surface area contributed by atoms with Gasteiger partial charge >= 0.3 is 0 Å². The van der Waals surface area contributed by atoms with Crippen molar-refractivity contribution in [3.05, 3.63) is 76.3 Å². The normalized spacial score (nSPS) is 14.5. The summed E-state index contributed by atoms with van der Waals surface area (Å²) in [6.45, 7) is 5.83. The van der Waals surface area contributed by atoms with E-state index in [0.717, 1.165) is 15.6 Å². The van der Waals surface area contributed by atoms with Gasteiger partial charge in [0.15, 0.2) is 0 Å². The van der Waals surface area contributed by atoms with Gasteiger partial charge in [-0.05, 0) is 30.7 Å². The molecule has 3 rings (SSSR count). The molecule has 0 aliphatic carbocycles. The number of rotatable bonds is 4. The maximum atomic E-state index is 12.4. The molecule has 2 aromatic carbocycles. The van der Waals surface area contributed by atoms with Gasteiger partial charge < -0.3 is 5.32 Å². The molecule has 0 radical (unpaired) electrons.